The largest absolute Gasteiger partial charge is 0.389 e. The van der Waals surface area contributed by atoms with E-state index in [2.05, 4.69) is 31.1 Å². The first kappa shape index (κ1) is 16.9. The van der Waals surface area contributed by atoms with Gasteiger partial charge in [-0.1, -0.05) is 19.8 Å². The Morgan fingerprint density at radius 3 is 2.90 bits per heavy atom. The molecule has 21 heavy (non-hydrogen) atoms. The van der Waals surface area contributed by atoms with E-state index in [-0.39, 0.29) is 5.54 Å². The molecule has 0 amide bonds. The maximum absolute atomic E-state index is 10.1. The van der Waals surface area contributed by atoms with Gasteiger partial charge >= 0.3 is 0 Å². The van der Waals surface area contributed by atoms with E-state index in [0.717, 1.165) is 11.4 Å². The van der Waals surface area contributed by atoms with Crippen LogP contribution in [0.1, 0.15) is 51.5 Å². The average molecular weight is 312 g/mol. The highest BCUT2D eigenvalue weighted by Gasteiger charge is 2.25. The van der Waals surface area contributed by atoms with Crippen LogP contribution in [0.15, 0.2) is 11.6 Å². The summed E-state index contributed by atoms with van der Waals surface area (Å²) in [6.07, 6.45) is 6.60. The maximum atomic E-state index is 10.1. The minimum atomic E-state index is -0.474. The van der Waals surface area contributed by atoms with Crippen LogP contribution in [0.3, 0.4) is 0 Å². The first-order chi connectivity index (χ1) is 9.99. The van der Waals surface area contributed by atoms with E-state index in [4.69, 9.17) is 4.74 Å². The highest BCUT2D eigenvalue weighted by molar-refractivity contribution is 7.09. The fourth-order valence-electron chi connectivity index (χ4n) is 2.80. The Labute approximate surface area is 131 Å². The molecule has 0 aromatic carbocycles. The first-order valence-electron chi connectivity index (χ1n) is 7.93. The number of aliphatic hydroxyl groups excluding tert-OH is 1. The smallest absolute Gasteiger partial charge is 0.112 e. The summed E-state index contributed by atoms with van der Waals surface area (Å²) in [4.78, 5) is 4.34. The van der Waals surface area contributed by atoms with Crippen molar-refractivity contribution in [3.05, 3.63) is 16.6 Å². The Bertz CT molecular complexity index is 408. The molecule has 1 fully saturated rings. The molecule has 2 rings (SSSR count). The van der Waals surface area contributed by atoms with Crippen LogP contribution < -0.4 is 5.32 Å². The van der Waals surface area contributed by atoms with E-state index in [1.807, 2.05) is 11.6 Å². The highest BCUT2D eigenvalue weighted by atomic mass is 32.1. The SMILES string of the molecule is CC1CCCCC1OCC(O)CNC(C)(C)c1nccs1. The number of aliphatic hydroxyl groups is 1. The number of nitrogens with zero attached hydrogens (tertiary/aromatic N) is 1. The van der Waals surface area contributed by atoms with E-state index in [0.29, 0.717) is 25.2 Å². The summed E-state index contributed by atoms with van der Waals surface area (Å²) < 4.78 is 5.91. The molecule has 0 spiro atoms. The van der Waals surface area contributed by atoms with Crippen LogP contribution >= 0.6 is 11.3 Å². The van der Waals surface area contributed by atoms with Crippen molar-refractivity contribution in [2.24, 2.45) is 5.92 Å². The van der Waals surface area contributed by atoms with Gasteiger partial charge in [-0.2, -0.15) is 0 Å². The van der Waals surface area contributed by atoms with Gasteiger partial charge in [0.15, 0.2) is 0 Å². The van der Waals surface area contributed by atoms with Gasteiger partial charge < -0.3 is 15.2 Å². The Balaban J connectivity index is 1.71. The molecule has 1 aromatic heterocycles. The third-order valence-corrected chi connectivity index (χ3v) is 5.38. The Hall–Kier alpha value is -0.490. The van der Waals surface area contributed by atoms with E-state index in [9.17, 15) is 5.11 Å². The summed E-state index contributed by atoms with van der Waals surface area (Å²) in [7, 11) is 0. The zero-order chi connectivity index (χ0) is 15.3. The topological polar surface area (TPSA) is 54.4 Å². The molecule has 1 aliphatic carbocycles. The number of ether oxygens (including phenoxy) is 1. The Kier molecular flexibility index (Phi) is 6.17. The van der Waals surface area contributed by atoms with Crippen molar-refractivity contribution >= 4 is 11.3 Å². The first-order valence-corrected chi connectivity index (χ1v) is 8.81. The lowest BCUT2D eigenvalue weighted by molar-refractivity contribution is -0.0463. The predicted octanol–water partition coefficient (Wildman–Crippen LogP) is 2.92. The molecular weight excluding hydrogens is 284 g/mol. The van der Waals surface area contributed by atoms with Crippen LogP contribution in [-0.2, 0) is 10.3 Å². The molecule has 0 bridgehead atoms. The van der Waals surface area contributed by atoms with Gasteiger partial charge in [0, 0.05) is 18.1 Å². The van der Waals surface area contributed by atoms with Gasteiger partial charge in [0.25, 0.3) is 0 Å². The molecule has 3 atom stereocenters. The lowest BCUT2D eigenvalue weighted by Gasteiger charge is -2.30. The molecule has 0 saturated heterocycles. The molecule has 2 N–H and O–H groups in total. The molecule has 120 valence electrons. The molecule has 1 heterocycles. The van der Waals surface area contributed by atoms with Crippen LogP contribution in [0, 0.1) is 5.92 Å². The third kappa shape index (κ3) is 5.02. The second-order valence-corrected chi connectivity index (χ2v) is 7.53. The summed E-state index contributed by atoms with van der Waals surface area (Å²) >= 11 is 1.63. The Morgan fingerprint density at radius 2 is 2.24 bits per heavy atom. The molecule has 3 unspecified atom stereocenters. The van der Waals surface area contributed by atoms with Crippen molar-refractivity contribution in [1.29, 1.82) is 0 Å². The average Bonchev–Trinajstić information content (AvgIpc) is 2.99. The molecule has 0 aliphatic heterocycles. The van der Waals surface area contributed by atoms with Crippen LogP contribution in [0.25, 0.3) is 0 Å². The van der Waals surface area contributed by atoms with Crippen molar-refractivity contribution in [1.82, 2.24) is 10.3 Å². The standard InChI is InChI=1S/C16H28N2O2S/c1-12-6-4-5-7-14(12)20-11-13(19)10-18-16(2,3)15-17-8-9-21-15/h8-9,12-14,18-19H,4-7,10-11H2,1-3H3. The van der Waals surface area contributed by atoms with Crippen molar-refractivity contribution in [2.75, 3.05) is 13.2 Å². The fourth-order valence-corrected chi connectivity index (χ4v) is 3.54. The van der Waals surface area contributed by atoms with Gasteiger partial charge in [-0.25, -0.2) is 4.98 Å². The van der Waals surface area contributed by atoms with Gasteiger partial charge in [0.1, 0.15) is 5.01 Å². The molecule has 4 nitrogen and oxygen atoms in total. The van der Waals surface area contributed by atoms with E-state index in [1.165, 1.54) is 19.3 Å². The molecule has 1 aliphatic rings. The highest BCUT2D eigenvalue weighted by Crippen LogP contribution is 2.26. The quantitative estimate of drug-likeness (QED) is 0.813. The van der Waals surface area contributed by atoms with E-state index in [1.54, 1.807) is 11.3 Å². The number of thiazole rings is 1. The van der Waals surface area contributed by atoms with Crippen molar-refractivity contribution in [3.8, 4) is 0 Å². The molecule has 5 heteroatoms. The normalized spacial score (nSPS) is 25.0. The maximum Gasteiger partial charge on any atom is 0.112 e. The second-order valence-electron chi connectivity index (χ2n) is 6.63. The van der Waals surface area contributed by atoms with Gasteiger partial charge in [-0.15, -0.1) is 11.3 Å². The number of aromatic nitrogens is 1. The second kappa shape index (κ2) is 7.68. The zero-order valence-electron chi connectivity index (χ0n) is 13.3. The van der Waals surface area contributed by atoms with Gasteiger partial charge in [-0.3, -0.25) is 0 Å². The van der Waals surface area contributed by atoms with Gasteiger partial charge in [-0.05, 0) is 32.6 Å². The third-order valence-electron chi connectivity index (χ3n) is 4.28. The molecule has 0 radical (unpaired) electrons. The lowest BCUT2D eigenvalue weighted by atomic mass is 9.88. The van der Waals surface area contributed by atoms with Crippen molar-refractivity contribution in [3.63, 3.8) is 0 Å². The van der Waals surface area contributed by atoms with Crippen LogP contribution in [0.4, 0.5) is 0 Å². The van der Waals surface area contributed by atoms with E-state index >= 15 is 0 Å². The summed E-state index contributed by atoms with van der Waals surface area (Å²) in [5.74, 6) is 0.616. The van der Waals surface area contributed by atoms with Gasteiger partial charge in [0.05, 0.1) is 24.4 Å². The number of hydrogen-bond acceptors (Lipinski definition) is 5. The van der Waals surface area contributed by atoms with Crippen LogP contribution in [-0.4, -0.2) is 35.5 Å². The lowest BCUT2D eigenvalue weighted by Crippen LogP contribution is -2.43. The summed E-state index contributed by atoms with van der Waals surface area (Å²) in [5.41, 5.74) is -0.215. The predicted molar refractivity (Wildman–Crippen MR) is 86.5 cm³/mol. The minimum absolute atomic E-state index is 0.215. The number of hydrogen-bond donors (Lipinski definition) is 2. The van der Waals surface area contributed by atoms with Crippen LogP contribution in [0.5, 0.6) is 0 Å². The minimum Gasteiger partial charge on any atom is -0.389 e. The number of rotatable bonds is 7. The van der Waals surface area contributed by atoms with E-state index < -0.39 is 6.10 Å². The van der Waals surface area contributed by atoms with Gasteiger partial charge in [0.2, 0.25) is 0 Å². The summed E-state index contributed by atoms with van der Waals surface area (Å²) in [5, 5.41) is 16.5. The Morgan fingerprint density at radius 1 is 1.48 bits per heavy atom. The zero-order valence-corrected chi connectivity index (χ0v) is 14.2. The molecule has 1 aromatic rings. The molecular formula is C16H28N2O2S. The summed E-state index contributed by atoms with van der Waals surface area (Å²) in [6, 6.07) is 0. The van der Waals surface area contributed by atoms with Crippen molar-refractivity contribution < 1.29 is 9.84 Å². The monoisotopic (exact) mass is 312 g/mol. The summed E-state index contributed by atoms with van der Waals surface area (Å²) in [6.45, 7) is 7.36. The van der Waals surface area contributed by atoms with Crippen LogP contribution in [0.2, 0.25) is 0 Å². The fraction of sp³-hybridized carbons (Fsp3) is 0.812. The van der Waals surface area contributed by atoms with Crippen molar-refractivity contribution in [2.45, 2.75) is 64.2 Å². The number of nitrogens with one attached hydrogen (secondary N) is 1. The molecule has 1 saturated carbocycles.